The Bertz CT molecular complexity index is 517. The van der Waals surface area contributed by atoms with Crippen molar-refractivity contribution in [3.05, 3.63) is 33.9 Å². The van der Waals surface area contributed by atoms with Crippen molar-refractivity contribution in [2.24, 2.45) is 0 Å². The van der Waals surface area contributed by atoms with Crippen LogP contribution in [0, 0.1) is 10.1 Å². The number of ether oxygens (including phenoxy) is 1. The second kappa shape index (κ2) is 7.58. The molecule has 1 rings (SSSR count). The summed E-state index contributed by atoms with van der Waals surface area (Å²) >= 11 is 0. The first-order valence-electron chi connectivity index (χ1n) is 6.59. The molecule has 0 heterocycles. The molecule has 0 aliphatic heterocycles. The van der Waals surface area contributed by atoms with E-state index in [4.69, 9.17) is 0 Å². The number of rotatable bonds is 7. The minimum absolute atomic E-state index is 0.0185. The normalized spacial score (nSPS) is 10.5. The second-order valence-electron chi connectivity index (χ2n) is 5.03. The van der Waals surface area contributed by atoms with Crippen LogP contribution in [0.15, 0.2) is 18.2 Å². The molecule has 0 atom stereocenters. The first-order valence-corrected chi connectivity index (χ1v) is 6.59. The molecule has 0 aliphatic carbocycles. The van der Waals surface area contributed by atoms with E-state index in [1.807, 2.05) is 19.0 Å². The van der Waals surface area contributed by atoms with Crippen molar-refractivity contribution in [3.63, 3.8) is 0 Å². The van der Waals surface area contributed by atoms with Crippen LogP contribution in [0.4, 0.5) is 11.4 Å². The molecule has 1 aromatic rings. The summed E-state index contributed by atoms with van der Waals surface area (Å²) in [5.41, 5.74) is 0.703. The highest BCUT2D eigenvalue weighted by atomic mass is 16.6. The smallest absolute Gasteiger partial charge is 0.337 e. The van der Waals surface area contributed by atoms with Crippen LogP contribution in [0.5, 0.6) is 0 Å². The van der Waals surface area contributed by atoms with Gasteiger partial charge in [0.05, 0.1) is 17.6 Å². The van der Waals surface area contributed by atoms with Crippen LogP contribution in [0.1, 0.15) is 16.8 Å². The van der Waals surface area contributed by atoms with Gasteiger partial charge in [0, 0.05) is 19.7 Å². The minimum Gasteiger partial charge on any atom is -0.465 e. The van der Waals surface area contributed by atoms with Gasteiger partial charge in [-0.25, -0.2) is 4.79 Å². The van der Waals surface area contributed by atoms with Gasteiger partial charge in [-0.1, -0.05) is 0 Å². The van der Waals surface area contributed by atoms with Crippen LogP contribution in [0.25, 0.3) is 0 Å². The zero-order valence-electron chi connectivity index (χ0n) is 12.8. The minimum atomic E-state index is -0.507. The molecular formula is C14H21N3O4. The van der Waals surface area contributed by atoms with Gasteiger partial charge < -0.3 is 14.5 Å². The molecule has 0 aliphatic rings. The van der Waals surface area contributed by atoms with Crippen molar-refractivity contribution < 1.29 is 14.5 Å². The van der Waals surface area contributed by atoms with Crippen LogP contribution in [-0.4, -0.2) is 57.1 Å². The van der Waals surface area contributed by atoms with Crippen LogP contribution in [0.2, 0.25) is 0 Å². The number of anilines is 1. The monoisotopic (exact) mass is 295 g/mol. The number of carbonyl (C=O) groups is 1. The van der Waals surface area contributed by atoms with E-state index in [1.54, 1.807) is 11.9 Å². The molecule has 0 radical (unpaired) electrons. The number of esters is 1. The molecule has 7 heteroatoms. The fraction of sp³-hybridized carbons (Fsp3) is 0.500. The number of nitrogens with zero attached hydrogens (tertiary/aromatic N) is 3. The molecule has 1 aromatic carbocycles. The third-order valence-corrected chi connectivity index (χ3v) is 3.10. The van der Waals surface area contributed by atoms with E-state index in [0.717, 1.165) is 13.0 Å². The lowest BCUT2D eigenvalue weighted by molar-refractivity contribution is -0.384. The highest BCUT2D eigenvalue weighted by Crippen LogP contribution is 2.28. The number of nitro groups is 1. The fourth-order valence-electron chi connectivity index (χ4n) is 1.97. The Morgan fingerprint density at radius 2 is 1.95 bits per heavy atom. The van der Waals surface area contributed by atoms with Crippen LogP contribution in [0.3, 0.4) is 0 Å². The molecule has 0 saturated carbocycles. The molecule has 0 bridgehead atoms. The summed E-state index contributed by atoms with van der Waals surface area (Å²) in [6.07, 6.45) is 0.864. The molecule has 116 valence electrons. The van der Waals surface area contributed by atoms with Crippen molar-refractivity contribution in [3.8, 4) is 0 Å². The Labute approximate surface area is 124 Å². The van der Waals surface area contributed by atoms with Gasteiger partial charge in [0.25, 0.3) is 5.69 Å². The fourth-order valence-corrected chi connectivity index (χ4v) is 1.97. The van der Waals surface area contributed by atoms with Gasteiger partial charge in [-0.3, -0.25) is 10.1 Å². The Balaban J connectivity index is 2.99. The molecule has 0 spiro atoms. The van der Waals surface area contributed by atoms with Gasteiger partial charge in [0.15, 0.2) is 0 Å². The van der Waals surface area contributed by atoms with E-state index in [-0.39, 0.29) is 5.69 Å². The van der Waals surface area contributed by atoms with Gasteiger partial charge in [-0.2, -0.15) is 0 Å². The Hall–Kier alpha value is -2.15. The van der Waals surface area contributed by atoms with Gasteiger partial charge in [-0.05, 0) is 39.2 Å². The zero-order chi connectivity index (χ0) is 16.0. The van der Waals surface area contributed by atoms with E-state index in [0.29, 0.717) is 17.8 Å². The Kier molecular flexibility index (Phi) is 6.10. The molecule has 0 amide bonds. The summed E-state index contributed by atoms with van der Waals surface area (Å²) in [7, 11) is 7.00. The maximum atomic E-state index is 11.6. The second-order valence-corrected chi connectivity index (χ2v) is 5.03. The predicted octanol–water partition coefficient (Wildman–Crippen LogP) is 1.77. The highest BCUT2D eigenvalue weighted by Gasteiger charge is 2.19. The summed E-state index contributed by atoms with van der Waals surface area (Å²) in [4.78, 5) is 26.1. The lowest BCUT2D eigenvalue weighted by Crippen LogP contribution is -2.24. The van der Waals surface area contributed by atoms with Crippen molar-refractivity contribution in [1.29, 1.82) is 0 Å². The molecule has 0 fully saturated rings. The maximum Gasteiger partial charge on any atom is 0.337 e. The lowest BCUT2D eigenvalue weighted by atomic mass is 10.1. The maximum absolute atomic E-state index is 11.6. The van der Waals surface area contributed by atoms with Crippen molar-refractivity contribution in [1.82, 2.24) is 4.90 Å². The summed E-state index contributed by atoms with van der Waals surface area (Å²) < 4.78 is 4.65. The summed E-state index contributed by atoms with van der Waals surface area (Å²) in [5, 5.41) is 11.1. The van der Waals surface area contributed by atoms with Crippen LogP contribution < -0.4 is 4.90 Å². The number of carbonyl (C=O) groups excluding carboxylic acids is 1. The standard InChI is InChI=1S/C14H21N3O4/c1-15(2)8-5-9-16(3)13-10-11(14(18)21-4)6-7-12(13)17(19)20/h6-7,10H,5,8-9H2,1-4H3. The summed E-state index contributed by atoms with van der Waals surface area (Å²) in [6, 6.07) is 4.24. The van der Waals surface area contributed by atoms with Crippen molar-refractivity contribution in [2.45, 2.75) is 6.42 Å². The number of hydrogen-bond donors (Lipinski definition) is 0. The van der Waals surface area contributed by atoms with E-state index in [9.17, 15) is 14.9 Å². The molecule has 0 aromatic heterocycles. The van der Waals surface area contributed by atoms with Gasteiger partial charge in [0.1, 0.15) is 5.69 Å². The summed E-state index contributed by atoms with van der Waals surface area (Å²) in [5.74, 6) is -0.507. The molecular weight excluding hydrogens is 274 g/mol. The average molecular weight is 295 g/mol. The van der Waals surface area contributed by atoms with Crippen molar-refractivity contribution in [2.75, 3.05) is 46.2 Å². The molecule has 21 heavy (non-hydrogen) atoms. The number of nitro benzene ring substituents is 1. The highest BCUT2D eigenvalue weighted by molar-refractivity contribution is 5.91. The first kappa shape index (κ1) is 16.9. The molecule has 0 N–H and O–H groups in total. The van der Waals surface area contributed by atoms with Crippen molar-refractivity contribution >= 4 is 17.3 Å². The third kappa shape index (κ3) is 4.71. The SMILES string of the molecule is COC(=O)c1ccc([N+](=O)[O-])c(N(C)CCCN(C)C)c1. The van der Waals surface area contributed by atoms with Gasteiger partial charge in [-0.15, -0.1) is 0 Å². The van der Waals surface area contributed by atoms with E-state index in [2.05, 4.69) is 4.74 Å². The average Bonchev–Trinajstić information content (AvgIpc) is 2.45. The quantitative estimate of drug-likeness (QED) is 0.433. The van der Waals surface area contributed by atoms with E-state index >= 15 is 0 Å². The predicted molar refractivity (Wildman–Crippen MR) is 80.9 cm³/mol. The lowest BCUT2D eigenvalue weighted by Gasteiger charge is -2.20. The zero-order valence-corrected chi connectivity index (χ0v) is 12.8. The number of hydrogen-bond acceptors (Lipinski definition) is 6. The van der Waals surface area contributed by atoms with E-state index < -0.39 is 10.9 Å². The third-order valence-electron chi connectivity index (χ3n) is 3.10. The Morgan fingerprint density at radius 1 is 1.29 bits per heavy atom. The first-order chi connectivity index (χ1) is 9.86. The van der Waals surface area contributed by atoms with Gasteiger partial charge in [0.2, 0.25) is 0 Å². The van der Waals surface area contributed by atoms with E-state index in [1.165, 1.54) is 25.3 Å². The van der Waals surface area contributed by atoms with Gasteiger partial charge >= 0.3 is 5.97 Å². The number of methoxy groups -OCH3 is 1. The number of benzene rings is 1. The van der Waals surface area contributed by atoms with Crippen LogP contribution in [-0.2, 0) is 4.74 Å². The largest absolute Gasteiger partial charge is 0.465 e. The summed E-state index contributed by atoms with van der Waals surface area (Å²) in [6.45, 7) is 1.54. The Morgan fingerprint density at radius 3 is 2.48 bits per heavy atom. The molecule has 7 nitrogen and oxygen atoms in total. The van der Waals surface area contributed by atoms with Crippen LogP contribution >= 0.6 is 0 Å². The topological polar surface area (TPSA) is 75.9 Å². The molecule has 0 saturated heterocycles. The molecule has 0 unspecified atom stereocenters.